The minimum atomic E-state index is -0.700. The van der Waals surface area contributed by atoms with E-state index in [4.69, 9.17) is 4.74 Å². The molecule has 142 valence electrons. The van der Waals surface area contributed by atoms with E-state index in [1.807, 2.05) is 60.0 Å². The lowest BCUT2D eigenvalue weighted by Crippen LogP contribution is -2.41. The zero-order valence-electron chi connectivity index (χ0n) is 14.9. The van der Waals surface area contributed by atoms with Gasteiger partial charge in [-0.05, 0) is 28.6 Å². The molecule has 0 aliphatic heterocycles. The molecule has 2 N–H and O–H groups in total. The lowest BCUT2D eigenvalue weighted by molar-refractivity contribution is -0.123. The molecule has 0 saturated heterocycles. The van der Waals surface area contributed by atoms with Gasteiger partial charge in [-0.1, -0.05) is 54.6 Å². The largest absolute Gasteiger partial charge is 0.452 e. The molecule has 1 aromatic heterocycles. The molecule has 0 radical (unpaired) electrons. The van der Waals surface area contributed by atoms with E-state index < -0.39 is 24.5 Å². The quantitative estimate of drug-likeness (QED) is 0.626. The highest BCUT2D eigenvalue weighted by molar-refractivity contribution is 7.09. The van der Waals surface area contributed by atoms with Crippen LogP contribution in [0.15, 0.2) is 72.1 Å². The van der Waals surface area contributed by atoms with Gasteiger partial charge in [0.2, 0.25) is 0 Å². The number of carbonyl (C=O) groups excluding carboxylic acids is 3. The van der Waals surface area contributed by atoms with Crippen molar-refractivity contribution in [2.24, 2.45) is 0 Å². The van der Waals surface area contributed by atoms with E-state index in [1.165, 1.54) is 11.3 Å². The molecular formula is C21H18N2O4S. The number of nitrogens with one attached hydrogen (secondary N) is 2. The van der Waals surface area contributed by atoms with Crippen LogP contribution < -0.4 is 10.6 Å². The van der Waals surface area contributed by atoms with Crippen molar-refractivity contribution in [1.82, 2.24) is 10.6 Å². The van der Waals surface area contributed by atoms with Gasteiger partial charge >= 0.3 is 12.0 Å². The van der Waals surface area contributed by atoms with Crippen LogP contribution in [0, 0.1) is 0 Å². The predicted molar refractivity (Wildman–Crippen MR) is 107 cm³/mol. The minimum absolute atomic E-state index is 0.320. The second kappa shape index (κ2) is 9.48. The summed E-state index contributed by atoms with van der Waals surface area (Å²) < 4.78 is 5.07. The molecular weight excluding hydrogens is 376 g/mol. The Balaban J connectivity index is 1.53. The minimum Gasteiger partial charge on any atom is -0.452 e. The Morgan fingerprint density at radius 2 is 1.64 bits per heavy atom. The molecule has 0 unspecified atom stereocenters. The lowest BCUT2D eigenvalue weighted by Gasteiger charge is -2.10. The van der Waals surface area contributed by atoms with E-state index in [-0.39, 0.29) is 0 Å². The summed E-state index contributed by atoms with van der Waals surface area (Å²) in [7, 11) is 0. The fourth-order valence-corrected chi connectivity index (χ4v) is 3.17. The molecule has 0 aliphatic rings. The number of hydrogen-bond donors (Lipinski definition) is 2. The highest BCUT2D eigenvalue weighted by atomic mass is 32.1. The van der Waals surface area contributed by atoms with Crippen LogP contribution >= 0.6 is 11.3 Å². The van der Waals surface area contributed by atoms with E-state index in [0.29, 0.717) is 17.7 Å². The molecule has 3 rings (SSSR count). The molecule has 0 saturated carbocycles. The molecule has 3 aromatic rings. The summed E-state index contributed by atoms with van der Waals surface area (Å²) in [4.78, 5) is 37.0. The third-order valence-corrected chi connectivity index (χ3v) is 4.70. The highest BCUT2D eigenvalue weighted by Crippen LogP contribution is 2.23. The van der Waals surface area contributed by atoms with E-state index in [0.717, 1.165) is 10.4 Å². The summed E-state index contributed by atoms with van der Waals surface area (Å²) in [6, 6.07) is 19.5. The average molecular weight is 394 g/mol. The molecule has 1 heterocycles. The predicted octanol–water partition coefficient (Wildman–Crippen LogP) is 3.60. The first-order valence-corrected chi connectivity index (χ1v) is 9.43. The zero-order valence-corrected chi connectivity index (χ0v) is 15.7. The van der Waals surface area contributed by atoms with Crippen molar-refractivity contribution < 1.29 is 19.1 Å². The molecule has 0 spiro atoms. The van der Waals surface area contributed by atoms with Gasteiger partial charge in [-0.25, -0.2) is 9.59 Å². The summed E-state index contributed by atoms with van der Waals surface area (Å²) in [6.07, 6.45) is 0. The maximum atomic E-state index is 12.4. The van der Waals surface area contributed by atoms with Gasteiger partial charge in [0.25, 0.3) is 5.91 Å². The summed E-state index contributed by atoms with van der Waals surface area (Å²) in [5.41, 5.74) is 1.93. The van der Waals surface area contributed by atoms with Gasteiger partial charge in [-0.2, -0.15) is 0 Å². The van der Waals surface area contributed by atoms with Crippen LogP contribution in [-0.4, -0.2) is 24.5 Å². The molecule has 7 heteroatoms. The molecule has 3 amide bonds. The Labute approximate surface area is 166 Å². The number of benzene rings is 2. The molecule has 2 aromatic carbocycles. The standard InChI is InChI=1S/C21H18N2O4S/c24-19(23-21(26)22-13-16-9-6-12-28-16)14-27-20(25)18-11-5-4-10-17(18)15-7-2-1-3-8-15/h1-12H,13-14H2,(H2,22,23,24,26). The van der Waals surface area contributed by atoms with Crippen LogP contribution in [0.25, 0.3) is 11.1 Å². The monoisotopic (exact) mass is 394 g/mol. The first-order valence-electron chi connectivity index (χ1n) is 8.55. The third-order valence-electron chi connectivity index (χ3n) is 3.82. The third kappa shape index (κ3) is 5.28. The van der Waals surface area contributed by atoms with E-state index in [9.17, 15) is 14.4 Å². The van der Waals surface area contributed by atoms with Gasteiger partial charge in [0, 0.05) is 4.88 Å². The maximum Gasteiger partial charge on any atom is 0.339 e. The van der Waals surface area contributed by atoms with Crippen molar-refractivity contribution in [2.45, 2.75) is 6.54 Å². The Kier molecular flexibility index (Phi) is 6.54. The van der Waals surface area contributed by atoms with Gasteiger partial charge in [0.05, 0.1) is 12.1 Å². The number of carbonyl (C=O) groups is 3. The van der Waals surface area contributed by atoms with Crippen molar-refractivity contribution in [2.75, 3.05) is 6.61 Å². The summed E-state index contributed by atoms with van der Waals surface area (Å²) in [5, 5.41) is 6.59. The summed E-state index contributed by atoms with van der Waals surface area (Å²) in [5.74, 6) is -1.33. The molecule has 0 atom stereocenters. The second-order valence-corrected chi connectivity index (χ2v) is 6.83. The Hall–Kier alpha value is -3.45. The van der Waals surface area contributed by atoms with Crippen molar-refractivity contribution in [1.29, 1.82) is 0 Å². The maximum absolute atomic E-state index is 12.4. The van der Waals surface area contributed by atoms with Gasteiger partial charge in [0.15, 0.2) is 6.61 Å². The van der Waals surface area contributed by atoms with Crippen LogP contribution in [0.1, 0.15) is 15.2 Å². The zero-order chi connectivity index (χ0) is 19.8. The first-order chi connectivity index (χ1) is 13.6. The SMILES string of the molecule is O=C(COC(=O)c1ccccc1-c1ccccc1)NC(=O)NCc1cccs1. The van der Waals surface area contributed by atoms with Gasteiger partial charge < -0.3 is 10.1 Å². The molecule has 28 heavy (non-hydrogen) atoms. The Morgan fingerprint density at radius 3 is 2.39 bits per heavy atom. The average Bonchev–Trinajstić information content (AvgIpc) is 3.25. The fourth-order valence-electron chi connectivity index (χ4n) is 2.53. The van der Waals surface area contributed by atoms with Crippen molar-refractivity contribution in [3.05, 3.63) is 82.6 Å². The lowest BCUT2D eigenvalue weighted by atomic mass is 10.00. The van der Waals surface area contributed by atoms with E-state index in [1.54, 1.807) is 12.1 Å². The number of urea groups is 1. The molecule has 0 bridgehead atoms. The number of hydrogen-bond acceptors (Lipinski definition) is 5. The Morgan fingerprint density at radius 1 is 0.893 bits per heavy atom. The van der Waals surface area contributed by atoms with Crippen LogP contribution in [0.5, 0.6) is 0 Å². The van der Waals surface area contributed by atoms with Crippen molar-refractivity contribution in [3.8, 4) is 11.1 Å². The summed E-state index contributed by atoms with van der Waals surface area (Å²) in [6.45, 7) is -0.227. The second-order valence-electron chi connectivity index (χ2n) is 5.80. The molecule has 0 fully saturated rings. The highest BCUT2D eigenvalue weighted by Gasteiger charge is 2.16. The number of ether oxygens (including phenoxy) is 1. The number of thiophene rings is 1. The number of amides is 3. The smallest absolute Gasteiger partial charge is 0.339 e. The van der Waals surface area contributed by atoms with Crippen LogP contribution in [0.2, 0.25) is 0 Å². The topological polar surface area (TPSA) is 84.5 Å². The van der Waals surface area contributed by atoms with Crippen LogP contribution in [-0.2, 0) is 16.1 Å². The Bertz CT molecular complexity index is 956. The number of esters is 1. The van der Waals surface area contributed by atoms with Crippen molar-refractivity contribution >= 4 is 29.2 Å². The van der Waals surface area contributed by atoms with Gasteiger partial charge in [-0.3, -0.25) is 10.1 Å². The number of rotatable bonds is 6. The van der Waals surface area contributed by atoms with Crippen LogP contribution in [0.3, 0.4) is 0 Å². The summed E-state index contributed by atoms with van der Waals surface area (Å²) >= 11 is 1.50. The van der Waals surface area contributed by atoms with Crippen molar-refractivity contribution in [3.63, 3.8) is 0 Å². The van der Waals surface area contributed by atoms with Gasteiger partial charge in [0.1, 0.15) is 0 Å². The van der Waals surface area contributed by atoms with E-state index >= 15 is 0 Å². The normalized spacial score (nSPS) is 10.1. The van der Waals surface area contributed by atoms with Crippen LogP contribution in [0.4, 0.5) is 4.79 Å². The molecule has 6 nitrogen and oxygen atoms in total. The number of imide groups is 1. The first kappa shape index (κ1) is 19.3. The molecule has 0 aliphatic carbocycles. The van der Waals surface area contributed by atoms with E-state index in [2.05, 4.69) is 10.6 Å². The van der Waals surface area contributed by atoms with Gasteiger partial charge in [-0.15, -0.1) is 11.3 Å². The fraction of sp³-hybridized carbons (Fsp3) is 0.0952.